The molecule has 1 aromatic rings. The van der Waals surface area contributed by atoms with Crippen molar-refractivity contribution in [1.82, 2.24) is 0 Å². The summed E-state index contributed by atoms with van der Waals surface area (Å²) in [6.45, 7) is -0.667. The minimum atomic E-state index is -4.44. The summed E-state index contributed by atoms with van der Waals surface area (Å²) < 4.78 is 36.6. The number of rotatable bonds is 1. The fourth-order valence-electron chi connectivity index (χ4n) is 1.02. The van der Waals surface area contributed by atoms with Crippen LogP contribution in [-0.4, -0.2) is 5.11 Å². The van der Waals surface area contributed by atoms with E-state index in [1.165, 1.54) is 0 Å². The van der Waals surface area contributed by atoms with Gasteiger partial charge in [0.05, 0.1) is 12.2 Å². The topological polar surface area (TPSA) is 46.2 Å². The summed E-state index contributed by atoms with van der Waals surface area (Å²) in [5.74, 6) is 0. The van der Waals surface area contributed by atoms with E-state index in [0.717, 1.165) is 18.2 Å². The molecule has 0 spiro atoms. The monoisotopic (exact) mass is 191 g/mol. The van der Waals surface area contributed by atoms with Gasteiger partial charge in [0.15, 0.2) is 0 Å². The van der Waals surface area contributed by atoms with Crippen LogP contribution in [-0.2, 0) is 12.8 Å². The third-order valence-corrected chi connectivity index (χ3v) is 1.61. The largest absolute Gasteiger partial charge is 0.416 e. The van der Waals surface area contributed by atoms with Gasteiger partial charge in [0.25, 0.3) is 0 Å². The van der Waals surface area contributed by atoms with E-state index in [1.54, 1.807) is 0 Å². The lowest BCUT2D eigenvalue weighted by molar-refractivity contribution is -0.138. The Bertz CT molecular complexity index is 309. The first-order chi connectivity index (χ1) is 5.95. The SMILES string of the molecule is Nc1ccc(C(F)(F)F)c(CO)c1. The molecule has 0 aliphatic rings. The first-order valence-corrected chi connectivity index (χ1v) is 3.51. The van der Waals surface area contributed by atoms with Crippen molar-refractivity contribution in [2.24, 2.45) is 0 Å². The van der Waals surface area contributed by atoms with Crippen molar-refractivity contribution in [2.75, 3.05) is 5.73 Å². The summed E-state index contributed by atoms with van der Waals surface area (Å²) in [5.41, 5.74) is 4.43. The van der Waals surface area contributed by atoms with Crippen molar-refractivity contribution in [1.29, 1.82) is 0 Å². The third-order valence-electron chi connectivity index (χ3n) is 1.61. The van der Waals surface area contributed by atoms with Crippen LogP contribution in [0.5, 0.6) is 0 Å². The van der Waals surface area contributed by atoms with Crippen LogP contribution in [0.3, 0.4) is 0 Å². The molecule has 0 aliphatic carbocycles. The van der Waals surface area contributed by atoms with Crippen molar-refractivity contribution >= 4 is 5.69 Å². The van der Waals surface area contributed by atoms with Crippen LogP contribution in [0.1, 0.15) is 11.1 Å². The Morgan fingerprint density at radius 3 is 2.38 bits per heavy atom. The average molecular weight is 191 g/mol. The first kappa shape index (κ1) is 9.85. The molecule has 5 heteroatoms. The van der Waals surface area contributed by atoms with Gasteiger partial charge in [-0.25, -0.2) is 0 Å². The molecule has 2 nitrogen and oxygen atoms in total. The van der Waals surface area contributed by atoms with Gasteiger partial charge < -0.3 is 10.8 Å². The predicted molar refractivity (Wildman–Crippen MR) is 41.8 cm³/mol. The zero-order chi connectivity index (χ0) is 10.1. The van der Waals surface area contributed by atoms with Crippen LogP contribution in [0.25, 0.3) is 0 Å². The molecular formula is C8H8F3NO. The van der Waals surface area contributed by atoms with Crippen molar-refractivity contribution < 1.29 is 18.3 Å². The molecule has 0 fully saturated rings. The molecule has 0 unspecified atom stereocenters. The first-order valence-electron chi connectivity index (χ1n) is 3.51. The van der Waals surface area contributed by atoms with Gasteiger partial charge in [-0.2, -0.15) is 13.2 Å². The van der Waals surface area contributed by atoms with Crippen LogP contribution >= 0.6 is 0 Å². The van der Waals surface area contributed by atoms with Gasteiger partial charge >= 0.3 is 6.18 Å². The number of alkyl halides is 3. The number of nitrogens with two attached hydrogens (primary N) is 1. The maximum atomic E-state index is 12.2. The number of hydrogen-bond donors (Lipinski definition) is 2. The number of anilines is 1. The third kappa shape index (κ3) is 2.12. The number of aliphatic hydroxyl groups is 1. The Morgan fingerprint density at radius 1 is 1.31 bits per heavy atom. The van der Waals surface area contributed by atoms with Crippen molar-refractivity contribution in [2.45, 2.75) is 12.8 Å². The van der Waals surface area contributed by atoms with E-state index in [2.05, 4.69) is 0 Å². The zero-order valence-corrected chi connectivity index (χ0v) is 6.60. The summed E-state index contributed by atoms with van der Waals surface area (Å²) in [4.78, 5) is 0. The standard InChI is InChI=1S/C8H8F3NO/c9-8(10,11)7-2-1-6(12)3-5(7)4-13/h1-3,13H,4,12H2. The molecule has 13 heavy (non-hydrogen) atoms. The Hall–Kier alpha value is -1.23. The number of nitrogen functional groups attached to an aromatic ring is 1. The fourth-order valence-corrected chi connectivity index (χ4v) is 1.02. The second kappa shape index (κ2) is 3.26. The highest BCUT2D eigenvalue weighted by Gasteiger charge is 2.32. The van der Waals surface area contributed by atoms with E-state index < -0.39 is 18.3 Å². The summed E-state index contributed by atoms with van der Waals surface area (Å²) in [7, 11) is 0. The summed E-state index contributed by atoms with van der Waals surface area (Å²) >= 11 is 0. The number of aliphatic hydroxyl groups excluding tert-OH is 1. The molecule has 0 heterocycles. The molecule has 3 N–H and O–H groups in total. The van der Waals surface area contributed by atoms with E-state index in [-0.39, 0.29) is 11.3 Å². The van der Waals surface area contributed by atoms with Crippen LogP contribution in [0.2, 0.25) is 0 Å². The highest BCUT2D eigenvalue weighted by atomic mass is 19.4. The molecule has 1 aromatic carbocycles. The molecule has 0 atom stereocenters. The van der Waals surface area contributed by atoms with Crippen molar-refractivity contribution in [3.05, 3.63) is 29.3 Å². The van der Waals surface area contributed by atoms with Crippen LogP contribution in [0.4, 0.5) is 18.9 Å². The molecule has 0 saturated carbocycles. The number of halogens is 3. The maximum absolute atomic E-state index is 12.2. The van der Waals surface area contributed by atoms with Crippen LogP contribution < -0.4 is 5.73 Å². The minimum absolute atomic E-state index is 0.201. The van der Waals surface area contributed by atoms with Crippen molar-refractivity contribution in [3.8, 4) is 0 Å². The Labute approximate surface area is 72.8 Å². The van der Waals surface area contributed by atoms with Gasteiger partial charge in [0.2, 0.25) is 0 Å². The van der Waals surface area contributed by atoms with Gasteiger partial charge in [0.1, 0.15) is 0 Å². The Kier molecular flexibility index (Phi) is 2.47. The number of hydrogen-bond acceptors (Lipinski definition) is 2. The summed E-state index contributed by atoms with van der Waals surface area (Å²) in [6, 6.07) is 3.13. The maximum Gasteiger partial charge on any atom is 0.416 e. The smallest absolute Gasteiger partial charge is 0.399 e. The van der Waals surface area contributed by atoms with E-state index >= 15 is 0 Å². The van der Waals surface area contributed by atoms with Gasteiger partial charge in [-0.1, -0.05) is 0 Å². The molecule has 0 amide bonds. The molecule has 0 aliphatic heterocycles. The van der Waals surface area contributed by atoms with Gasteiger partial charge in [-0.05, 0) is 23.8 Å². The minimum Gasteiger partial charge on any atom is -0.399 e. The Morgan fingerprint density at radius 2 is 1.92 bits per heavy atom. The quantitative estimate of drug-likeness (QED) is 0.664. The lowest BCUT2D eigenvalue weighted by Crippen LogP contribution is -2.09. The van der Waals surface area contributed by atoms with Gasteiger partial charge in [-0.3, -0.25) is 0 Å². The van der Waals surface area contributed by atoms with Gasteiger partial charge in [-0.15, -0.1) is 0 Å². The molecule has 0 saturated heterocycles. The molecular weight excluding hydrogens is 183 g/mol. The lowest BCUT2D eigenvalue weighted by Gasteiger charge is -2.11. The molecule has 1 rings (SSSR count). The predicted octanol–water partition coefficient (Wildman–Crippen LogP) is 1.78. The van der Waals surface area contributed by atoms with E-state index in [9.17, 15) is 13.2 Å². The molecule has 0 aromatic heterocycles. The van der Waals surface area contributed by atoms with E-state index in [0.29, 0.717) is 0 Å². The number of benzene rings is 1. The second-order valence-corrected chi connectivity index (χ2v) is 2.57. The van der Waals surface area contributed by atoms with Crippen LogP contribution in [0.15, 0.2) is 18.2 Å². The zero-order valence-electron chi connectivity index (χ0n) is 6.60. The van der Waals surface area contributed by atoms with Crippen LogP contribution in [0, 0.1) is 0 Å². The Balaban J connectivity index is 3.22. The van der Waals surface area contributed by atoms with E-state index in [1.807, 2.05) is 0 Å². The second-order valence-electron chi connectivity index (χ2n) is 2.57. The highest BCUT2D eigenvalue weighted by molar-refractivity contribution is 5.45. The summed E-state index contributed by atoms with van der Waals surface area (Å²) in [5, 5.41) is 8.65. The average Bonchev–Trinajstić information content (AvgIpc) is 2.01. The van der Waals surface area contributed by atoms with Gasteiger partial charge in [0, 0.05) is 5.69 Å². The van der Waals surface area contributed by atoms with Crippen molar-refractivity contribution in [3.63, 3.8) is 0 Å². The highest BCUT2D eigenvalue weighted by Crippen LogP contribution is 2.32. The summed E-state index contributed by atoms with van der Waals surface area (Å²) in [6.07, 6.45) is -4.44. The van der Waals surface area contributed by atoms with E-state index in [4.69, 9.17) is 10.8 Å². The molecule has 0 radical (unpaired) electrons. The lowest BCUT2D eigenvalue weighted by atomic mass is 10.1. The molecule has 72 valence electrons. The molecule has 0 bridgehead atoms. The normalized spacial score (nSPS) is 11.7. The fraction of sp³-hybridized carbons (Fsp3) is 0.250.